The highest BCUT2D eigenvalue weighted by Crippen LogP contribution is 2.31. The fourth-order valence-corrected chi connectivity index (χ4v) is 3.59. The zero-order valence-corrected chi connectivity index (χ0v) is 15.4. The molecule has 1 N–H and O–H groups in total. The van der Waals surface area contributed by atoms with Gasteiger partial charge in [-0.25, -0.2) is 4.99 Å². The van der Waals surface area contributed by atoms with Crippen molar-refractivity contribution in [3.05, 3.63) is 67.5 Å². The lowest BCUT2D eigenvalue weighted by Crippen LogP contribution is -2.19. The molecule has 1 amide bonds. The van der Waals surface area contributed by atoms with E-state index in [-0.39, 0.29) is 5.91 Å². The summed E-state index contributed by atoms with van der Waals surface area (Å²) in [7, 11) is 0. The number of carbonyl (C=O) groups excluding carboxylic acids is 1. The molecule has 0 saturated carbocycles. The van der Waals surface area contributed by atoms with Gasteiger partial charge in [0.05, 0.1) is 10.6 Å². The van der Waals surface area contributed by atoms with Crippen LogP contribution in [0, 0.1) is 0 Å². The predicted octanol–water partition coefficient (Wildman–Crippen LogP) is 5.65. The second-order valence-electron chi connectivity index (χ2n) is 4.63. The molecule has 116 valence electrons. The van der Waals surface area contributed by atoms with Crippen LogP contribution in [-0.2, 0) is 4.79 Å². The van der Waals surface area contributed by atoms with Gasteiger partial charge in [-0.1, -0.05) is 51.3 Å². The van der Waals surface area contributed by atoms with E-state index in [1.54, 1.807) is 24.3 Å². The minimum absolute atomic E-state index is 0.199. The molecule has 2 aromatic rings. The van der Waals surface area contributed by atoms with E-state index in [0.717, 1.165) is 15.7 Å². The Bertz CT molecular complexity index is 852. The molecule has 1 heterocycles. The van der Waals surface area contributed by atoms with Crippen LogP contribution in [0.15, 0.2) is 56.8 Å². The van der Waals surface area contributed by atoms with E-state index in [9.17, 15) is 4.79 Å². The van der Waals surface area contributed by atoms with Gasteiger partial charge in [-0.15, -0.1) is 0 Å². The highest BCUT2D eigenvalue weighted by molar-refractivity contribution is 9.10. The Labute approximate surface area is 155 Å². The van der Waals surface area contributed by atoms with Crippen LogP contribution in [0.1, 0.15) is 5.56 Å². The number of halogens is 3. The van der Waals surface area contributed by atoms with Crippen molar-refractivity contribution >= 4 is 73.7 Å². The average Bonchev–Trinajstić information content (AvgIpc) is 2.82. The Morgan fingerprint density at radius 3 is 2.74 bits per heavy atom. The lowest BCUT2D eigenvalue weighted by molar-refractivity contribution is -0.115. The van der Waals surface area contributed by atoms with Gasteiger partial charge in [0.2, 0.25) is 0 Å². The summed E-state index contributed by atoms with van der Waals surface area (Å²) in [5, 5.41) is 4.33. The van der Waals surface area contributed by atoms with E-state index in [4.69, 9.17) is 23.2 Å². The summed E-state index contributed by atoms with van der Waals surface area (Å²) in [5.74, 6) is -0.199. The first-order valence-electron chi connectivity index (χ1n) is 6.51. The van der Waals surface area contributed by atoms with Crippen molar-refractivity contribution < 1.29 is 4.79 Å². The molecule has 3 rings (SSSR count). The van der Waals surface area contributed by atoms with Gasteiger partial charge < -0.3 is 5.32 Å². The molecule has 1 aliphatic rings. The summed E-state index contributed by atoms with van der Waals surface area (Å²) in [6, 6.07) is 12.7. The molecule has 23 heavy (non-hydrogen) atoms. The first-order chi connectivity index (χ1) is 11.0. The van der Waals surface area contributed by atoms with Gasteiger partial charge in [0.25, 0.3) is 5.91 Å². The fraction of sp³-hybridized carbons (Fsp3) is 0. The first-order valence-corrected chi connectivity index (χ1v) is 8.88. The number of benzene rings is 2. The Kier molecular flexibility index (Phi) is 5.11. The topological polar surface area (TPSA) is 41.5 Å². The van der Waals surface area contributed by atoms with Crippen LogP contribution in [-0.4, -0.2) is 11.1 Å². The van der Waals surface area contributed by atoms with Crippen molar-refractivity contribution in [2.45, 2.75) is 0 Å². The number of thioether (sulfide) groups is 1. The van der Waals surface area contributed by atoms with Crippen LogP contribution < -0.4 is 5.32 Å². The number of nitrogens with zero attached hydrogens (tertiary/aromatic N) is 1. The van der Waals surface area contributed by atoms with Crippen LogP contribution in [0.2, 0.25) is 10.0 Å². The number of amidine groups is 1. The highest BCUT2D eigenvalue weighted by atomic mass is 79.9. The monoisotopic (exact) mass is 426 g/mol. The number of nitrogens with one attached hydrogen (secondary N) is 1. The Hall–Kier alpha value is -1.27. The third-order valence-electron chi connectivity index (χ3n) is 2.94. The zero-order valence-electron chi connectivity index (χ0n) is 11.5. The van der Waals surface area contributed by atoms with Crippen LogP contribution in [0.4, 0.5) is 5.69 Å². The second kappa shape index (κ2) is 7.09. The average molecular weight is 428 g/mol. The number of aliphatic imine (C=N–C) groups is 1. The maximum atomic E-state index is 12.1. The molecule has 0 aliphatic carbocycles. The minimum Gasteiger partial charge on any atom is -0.300 e. The largest absolute Gasteiger partial charge is 0.300 e. The van der Waals surface area contributed by atoms with Crippen molar-refractivity contribution in [1.29, 1.82) is 0 Å². The standard InChI is InChI=1S/C16H9BrCl2N2OS/c17-10-2-1-3-12(7-10)20-16-21-15(22)14(23-16)6-9-4-5-11(18)8-13(9)19/h1-8H,(H,20,21,22)/b14-6-. The second-order valence-corrected chi connectivity index (χ2v) is 7.42. The summed E-state index contributed by atoms with van der Waals surface area (Å²) < 4.78 is 0.928. The lowest BCUT2D eigenvalue weighted by atomic mass is 10.2. The number of hydrogen-bond acceptors (Lipinski definition) is 3. The molecule has 3 nitrogen and oxygen atoms in total. The maximum absolute atomic E-state index is 12.1. The van der Waals surface area contributed by atoms with Crippen LogP contribution in [0.5, 0.6) is 0 Å². The fourth-order valence-electron chi connectivity index (χ4n) is 1.90. The van der Waals surface area contributed by atoms with E-state index < -0.39 is 0 Å². The molecule has 1 saturated heterocycles. The molecule has 2 aromatic carbocycles. The molecule has 0 radical (unpaired) electrons. The van der Waals surface area contributed by atoms with E-state index in [2.05, 4.69) is 26.2 Å². The lowest BCUT2D eigenvalue weighted by Gasteiger charge is -1.99. The maximum Gasteiger partial charge on any atom is 0.264 e. The summed E-state index contributed by atoms with van der Waals surface area (Å²) in [5.41, 5.74) is 1.49. The third kappa shape index (κ3) is 4.18. The Morgan fingerprint density at radius 2 is 2.00 bits per heavy atom. The van der Waals surface area contributed by atoms with Gasteiger partial charge in [-0.2, -0.15) is 0 Å². The smallest absolute Gasteiger partial charge is 0.264 e. The van der Waals surface area contributed by atoms with Gasteiger partial charge >= 0.3 is 0 Å². The minimum atomic E-state index is -0.199. The molecule has 1 aliphatic heterocycles. The van der Waals surface area contributed by atoms with Gasteiger partial charge in [0, 0.05) is 14.5 Å². The number of carbonyl (C=O) groups is 1. The summed E-state index contributed by atoms with van der Waals surface area (Å²) >= 11 is 16.7. The van der Waals surface area contributed by atoms with Crippen LogP contribution in [0.3, 0.4) is 0 Å². The summed E-state index contributed by atoms with van der Waals surface area (Å²) in [4.78, 5) is 17.0. The summed E-state index contributed by atoms with van der Waals surface area (Å²) in [6.45, 7) is 0. The molecule has 0 atom stereocenters. The molecule has 1 fully saturated rings. The van der Waals surface area contributed by atoms with E-state index >= 15 is 0 Å². The molecule has 0 unspecified atom stereocenters. The quantitative estimate of drug-likeness (QED) is 0.629. The van der Waals surface area contributed by atoms with Crippen LogP contribution in [0.25, 0.3) is 6.08 Å². The molecule has 7 heteroatoms. The SMILES string of the molecule is O=C1NC(=Nc2cccc(Br)c2)S/C1=C\c1ccc(Cl)cc1Cl. The van der Waals surface area contributed by atoms with Gasteiger partial charge in [0.15, 0.2) is 5.17 Å². The predicted molar refractivity (Wildman–Crippen MR) is 101 cm³/mol. The van der Waals surface area contributed by atoms with Crippen molar-refractivity contribution in [1.82, 2.24) is 5.32 Å². The number of rotatable bonds is 2. The van der Waals surface area contributed by atoms with Crippen molar-refractivity contribution in [2.24, 2.45) is 4.99 Å². The van der Waals surface area contributed by atoms with E-state index in [1.165, 1.54) is 11.8 Å². The molecule has 0 aromatic heterocycles. The summed E-state index contributed by atoms with van der Waals surface area (Å²) in [6.07, 6.45) is 1.72. The van der Waals surface area contributed by atoms with E-state index in [0.29, 0.717) is 20.1 Å². The molecular weight excluding hydrogens is 419 g/mol. The normalized spacial score (nSPS) is 17.8. The number of amides is 1. The van der Waals surface area contributed by atoms with Crippen LogP contribution >= 0.6 is 50.9 Å². The Balaban J connectivity index is 1.86. The Morgan fingerprint density at radius 1 is 1.17 bits per heavy atom. The molecular formula is C16H9BrCl2N2OS. The highest BCUT2D eigenvalue weighted by Gasteiger charge is 2.24. The zero-order chi connectivity index (χ0) is 16.4. The van der Waals surface area contributed by atoms with Gasteiger partial charge in [0.1, 0.15) is 0 Å². The first kappa shape index (κ1) is 16.6. The van der Waals surface area contributed by atoms with Gasteiger partial charge in [-0.05, 0) is 53.7 Å². The van der Waals surface area contributed by atoms with Crippen molar-refractivity contribution in [3.8, 4) is 0 Å². The van der Waals surface area contributed by atoms with Gasteiger partial charge in [-0.3, -0.25) is 4.79 Å². The van der Waals surface area contributed by atoms with Crippen molar-refractivity contribution in [3.63, 3.8) is 0 Å². The van der Waals surface area contributed by atoms with Crippen molar-refractivity contribution in [2.75, 3.05) is 0 Å². The third-order valence-corrected chi connectivity index (χ3v) is 4.90. The molecule has 0 bridgehead atoms. The van der Waals surface area contributed by atoms with E-state index in [1.807, 2.05) is 24.3 Å². The number of hydrogen-bond donors (Lipinski definition) is 1. The molecule has 0 spiro atoms.